The molecular weight excluding hydrogens is 320 g/mol. The van der Waals surface area contributed by atoms with Gasteiger partial charge in [0, 0.05) is 12.0 Å². The highest BCUT2D eigenvalue weighted by atomic mass is 16.5. The number of hydroxylamine groups is 1. The Morgan fingerprint density at radius 1 is 1.08 bits per heavy atom. The van der Waals surface area contributed by atoms with Crippen molar-refractivity contribution in [3.63, 3.8) is 0 Å². The molecule has 1 saturated carbocycles. The number of rotatable bonds is 7. The van der Waals surface area contributed by atoms with Crippen LogP contribution in [0.5, 0.6) is 0 Å². The maximum atomic E-state index is 12.4. The van der Waals surface area contributed by atoms with Gasteiger partial charge in [-0.3, -0.25) is 19.6 Å². The van der Waals surface area contributed by atoms with E-state index in [-0.39, 0.29) is 24.7 Å². The van der Waals surface area contributed by atoms with Gasteiger partial charge in [-0.2, -0.15) is 0 Å². The molecule has 0 unspecified atom stereocenters. The number of carbonyl (C=O) groups excluding carboxylic acids is 3. The topological polar surface area (TPSA) is 95.5 Å². The smallest absolute Gasteiger partial charge is 0.244 e. The molecular formula is C19H24N2O4. The lowest BCUT2D eigenvalue weighted by Crippen LogP contribution is -2.36. The second-order valence-corrected chi connectivity index (χ2v) is 6.24. The minimum Gasteiger partial charge on any atom is -0.348 e. The zero-order chi connectivity index (χ0) is 18.1. The van der Waals surface area contributed by atoms with Crippen LogP contribution in [0.3, 0.4) is 0 Å². The Kier molecular flexibility index (Phi) is 7.35. The third kappa shape index (κ3) is 6.15. The fourth-order valence-corrected chi connectivity index (χ4v) is 2.95. The van der Waals surface area contributed by atoms with E-state index in [0.29, 0.717) is 5.56 Å². The van der Waals surface area contributed by atoms with Gasteiger partial charge in [0.25, 0.3) is 0 Å². The Morgan fingerprint density at radius 2 is 1.76 bits per heavy atom. The van der Waals surface area contributed by atoms with Gasteiger partial charge in [-0.25, -0.2) is 5.48 Å². The van der Waals surface area contributed by atoms with Crippen LogP contribution in [-0.2, 0) is 9.59 Å². The van der Waals surface area contributed by atoms with Crippen molar-refractivity contribution in [3.05, 3.63) is 47.5 Å². The van der Waals surface area contributed by atoms with Gasteiger partial charge in [0.1, 0.15) is 0 Å². The number of benzene rings is 1. The molecule has 2 rings (SSSR count). The summed E-state index contributed by atoms with van der Waals surface area (Å²) in [5.74, 6) is -1.89. The van der Waals surface area contributed by atoms with Crippen molar-refractivity contribution in [1.82, 2.24) is 10.8 Å². The van der Waals surface area contributed by atoms with Crippen molar-refractivity contribution < 1.29 is 19.6 Å². The minimum atomic E-state index is -0.691. The van der Waals surface area contributed by atoms with Crippen molar-refractivity contribution in [2.24, 2.45) is 5.92 Å². The summed E-state index contributed by atoms with van der Waals surface area (Å²) < 4.78 is 0. The molecule has 0 spiro atoms. The standard InChI is InChI=1S/C19H24N2O4/c22-17(15-9-5-2-6-10-15)13-20-19(24)16(12-18(23)21-25)11-14-7-3-1-4-8-14/h2,5-6,9-11,16,25H,1,3-4,7-8,12-13H2,(H,20,24)(H,21,23)/t16-/m1/s1. The monoisotopic (exact) mass is 344 g/mol. The van der Waals surface area contributed by atoms with E-state index in [4.69, 9.17) is 5.21 Å². The summed E-state index contributed by atoms with van der Waals surface area (Å²) in [6, 6.07) is 8.72. The minimum absolute atomic E-state index is 0.122. The van der Waals surface area contributed by atoms with Crippen LogP contribution in [0.1, 0.15) is 48.9 Å². The van der Waals surface area contributed by atoms with Gasteiger partial charge < -0.3 is 5.32 Å². The van der Waals surface area contributed by atoms with Crippen molar-refractivity contribution in [1.29, 1.82) is 0 Å². The summed E-state index contributed by atoms with van der Waals surface area (Å²) in [7, 11) is 0. The first kappa shape index (κ1) is 18.9. The van der Waals surface area contributed by atoms with Crippen molar-refractivity contribution in [2.75, 3.05) is 6.54 Å². The van der Waals surface area contributed by atoms with Gasteiger partial charge in [0.15, 0.2) is 5.78 Å². The van der Waals surface area contributed by atoms with E-state index in [1.54, 1.807) is 29.7 Å². The second-order valence-electron chi connectivity index (χ2n) is 6.24. The Morgan fingerprint density at radius 3 is 2.40 bits per heavy atom. The fourth-order valence-electron chi connectivity index (χ4n) is 2.95. The van der Waals surface area contributed by atoms with Crippen LogP contribution in [0.2, 0.25) is 0 Å². The third-order valence-electron chi connectivity index (χ3n) is 4.32. The first-order valence-electron chi connectivity index (χ1n) is 8.58. The molecule has 0 saturated heterocycles. The molecule has 1 fully saturated rings. The van der Waals surface area contributed by atoms with Gasteiger partial charge >= 0.3 is 0 Å². The molecule has 1 aromatic rings. The number of Topliss-reactive ketones (excluding diaryl/α,β-unsaturated/α-hetero) is 1. The van der Waals surface area contributed by atoms with Crippen molar-refractivity contribution in [2.45, 2.75) is 38.5 Å². The third-order valence-corrected chi connectivity index (χ3v) is 4.32. The van der Waals surface area contributed by atoms with Crippen molar-refractivity contribution >= 4 is 17.6 Å². The summed E-state index contributed by atoms with van der Waals surface area (Å²) in [6.07, 6.45) is 6.86. The molecule has 0 aliphatic heterocycles. The Labute approximate surface area is 147 Å². The average Bonchev–Trinajstić information content (AvgIpc) is 2.66. The van der Waals surface area contributed by atoms with Crippen LogP contribution >= 0.6 is 0 Å². The Bertz CT molecular complexity index is 632. The molecule has 2 amide bonds. The van der Waals surface area contributed by atoms with E-state index >= 15 is 0 Å². The van der Waals surface area contributed by atoms with Gasteiger partial charge in [-0.15, -0.1) is 0 Å². The first-order valence-corrected chi connectivity index (χ1v) is 8.58. The summed E-state index contributed by atoms with van der Waals surface area (Å²) >= 11 is 0. The maximum absolute atomic E-state index is 12.4. The first-order chi connectivity index (χ1) is 12.1. The zero-order valence-electron chi connectivity index (χ0n) is 14.2. The molecule has 6 heteroatoms. The van der Waals surface area contributed by atoms with Crippen LogP contribution in [0.15, 0.2) is 42.0 Å². The molecule has 25 heavy (non-hydrogen) atoms. The normalized spacial score (nSPS) is 15.2. The molecule has 1 aliphatic rings. The van der Waals surface area contributed by atoms with Crippen LogP contribution < -0.4 is 10.8 Å². The number of hydrogen-bond acceptors (Lipinski definition) is 4. The summed E-state index contributed by atoms with van der Waals surface area (Å²) in [4.78, 5) is 36.0. The maximum Gasteiger partial charge on any atom is 0.244 e. The molecule has 0 heterocycles. The quantitative estimate of drug-likeness (QED) is 0.306. The van der Waals surface area contributed by atoms with Crippen LogP contribution in [0.4, 0.5) is 0 Å². The second kappa shape index (κ2) is 9.74. The lowest BCUT2D eigenvalue weighted by molar-refractivity contribution is -0.133. The van der Waals surface area contributed by atoms with E-state index < -0.39 is 11.8 Å². The summed E-state index contributed by atoms with van der Waals surface area (Å²) in [6.45, 7) is -0.122. The molecule has 0 aromatic heterocycles. The van der Waals surface area contributed by atoms with Crippen LogP contribution in [0.25, 0.3) is 0 Å². The largest absolute Gasteiger partial charge is 0.348 e. The molecule has 1 aromatic carbocycles. The Balaban J connectivity index is 1.99. The zero-order valence-corrected chi connectivity index (χ0v) is 14.2. The number of ketones is 1. The highest BCUT2D eigenvalue weighted by Crippen LogP contribution is 2.25. The fraction of sp³-hybridized carbons (Fsp3) is 0.421. The number of allylic oxidation sites excluding steroid dienone is 1. The number of hydrogen-bond donors (Lipinski definition) is 3. The number of nitrogens with one attached hydrogen (secondary N) is 2. The molecule has 0 bridgehead atoms. The van der Waals surface area contributed by atoms with Crippen LogP contribution in [0, 0.1) is 5.92 Å². The lowest BCUT2D eigenvalue weighted by atomic mass is 9.90. The number of carbonyl (C=O) groups is 3. The molecule has 1 aliphatic carbocycles. The molecule has 134 valence electrons. The van der Waals surface area contributed by atoms with Crippen molar-refractivity contribution in [3.8, 4) is 0 Å². The molecule has 1 atom stereocenters. The van der Waals surface area contributed by atoms with Gasteiger partial charge in [0.2, 0.25) is 11.8 Å². The summed E-state index contributed by atoms with van der Waals surface area (Å²) in [5.41, 5.74) is 3.25. The highest BCUT2D eigenvalue weighted by Gasteiger charge is 2.21. The SMILES string of the molecule is O=C(C[C@@H](C=C1CCCCC1)C(=O)NCC(=O)c1ccccc1)NO. The highest BCUT2D eigenvalue weighted by molar-refractivity contribution is 5.99. The molecule has 3 N–H and O–H groups in total. The Hall–Kier alpha value is -2.47. The predicted molar refractivity (Wildman–Crippen MR) is 93.0 cm³/mol. The molecule has 0 radical (unpaired) electrons. The summed E-state index contributed by atoms with van der Waals surface area (Å²) in [5, 5.41) is 11.3. The van der Waals surface area contributed by atoms with E-state index in [2.05, 4.69) is 5.32 Å². The van der Waals surface area contributed by atoms with Gasteiger partial charge in [0.05, 0.1) is 12.5 Å². The lowest BCUT2D eigenvalue weighted by Gasteiger charge is -2.18. The molecule has 6 nitrogen and oxygen atoms in total. The van der Waals surface area contributed by atoms with E-state index in [1.165, 1.54) is 6.42 Å². The predicted octanol–water partition coefficient (Wildman–Crippen LogP) is 2.39. The van der Waals surface area contributed by atoms with Gasteiger partial charge in [-0.1, -0.05) is 48.4 Å². The number of amides is 2. The van der Waals surface area contributed by atoms with Gasteiger partial charge in [-0.05, 0) is 25.7 Å². The van der Waals surface area contributed by atoms with E-state index in [9.17, 15) is 14.4 Å². The van der Waals surface area contributed by atoms with E-state index in [1.807, 2.05) is 12.1 Å². The van der Waals surface area contributed by atoms with Crippen LogP contribution in [-0.4, -0.2) is 29.3 Å². The van der Waals surface area contributed by atoms with E-state index in [0.717, 1.165) is 31.3 Å². The average molecular weight is 344 g/mol.